The molecule has 0 radical (unpaired) electrons. The summed E-state index contributed by atoms with van der Waals surface area (Å²) in [6.07, 6.45) is 1.54. The van der Waals surface area contributed by atoms with Crippen molar-refractivity contribution in [2.75, 3.05) is 5.32 Å². The number of pyridine rings is 1. The van der Waals surface area contributed by atoms with Gasteiger partial charge in [0.05, 0.1) is 5.56 Å². The summed E-state index contributed by atoms with van der Waals surface area (Å²) in [6.45, 7) is 1.78. The molecule has 94 valence electrons. The second-order valence-corrected chi connectivity index (χ2v) is 4.11. The molecule has 0 saturated heterocycles. The highest BCUT2D eigenvalue weighted by Gasteiger charge is 2.10. The molecule has 19 heavy (non-hydrogen) atoms. The molecule has 0 aliphatic rings. The molecule has 2 aromatic rings. The average molecular weight is 271 g/mol. The maximum Gasteiger partial charge on any atom is 0.258 e. The number of carbonyl (C=O) groups is 1. The maximum absolute atomic E-state index is 12.0. The number of nitrogens with one attached hydrogen (secondary N) is 1. The van der Waals surface area contributed by atoms with Crippen molar-refractivity contribution in [1.82, 2.24) is 4.98 Å². The number of hydrogen-bond acceptors (Lipinski definition) is 2. The van der Waals surface area contributed by atoms with Gasteiger partial charge in [-0.05, 0) is 43.3 Å². The van der Waals surface area contributed by atoms with Crippen LogP contribution >= 0.6 is 11.6 Å². The van der Waals surface area contributed by atoms with E-state index in [2.05, 4.69) is 22.1 Å². The third-order valence-electron chi connectivity index (χ3n) is 2.42. The summed E-state index contributed by atoms with van der Waals surface area (Å²) < 4.78 is 0. The van der Waals surface area contributed by atoms with Crippen LogP contribution < -0.4 is 5.32 Å². The van der Waals surface area contributed by atoms with Gasteiger partial charge in [-0.25, -0.2) is 4.98 Å². The first kappa shape index (κ1) is 13.1. The molecule has 1 amide bonds. The molecule has 0 spiro atoms. The van der Waals surface area contributed by atoms with Crippen LogP contribution in [-0.2, 0) is 0 Å². The number of nitrogens with zero attached hydrogens (tertiary/aromatic N) is 1. The van der Waals surface area contributed by atoms with Crippen LogP contribution in [0.4, 0.5) is 5.69 Å². The van der Waals surface area contributed by atoms with E-state index >= 15 is 0 Å². The molecule has 0 aliphatic heterocycles. The van der Waals surface area contributed by atoms with Gasteiger partial charge in [-0.2, -0.15) is 0 Å². The molecule has 1 N–H and O–H groups in total. The summed E-state index contributed by atoms with van der Waals surface area (Å²) in [5.74, 6) is 5.46. The Balaban J connectivity index is 2.14. The van der Waals surface area contributed by atoms with E-state index in [1.54, 1.807) is 31.2 Å². The van der Waals surface area contributed by atoms with E-state index in [-0.39, 0.29) is 11.1 Å². The minimum absolute atomic E-state index is 0.188. The van der Waals surface area contributed by atoms with Gasteiger partial charge in [-0.15, -0.1) is 5.92 Å². The number of rotatable bonds is 2. The first-order chi connectivity index (χ1) is 9.20. The van der Waals surface area contributed by atoms with Crippen LogP contribution in [0.3, 0.4) is 0 Å². The lowest BCUT2D eigenvalue weighted by Gasteiger charge is -2.06. The SMILES string of the molecule is CC#Cc1ccc(NC(=O)c2cccnc2Cl)cc1. The largest absolute Gasteiger partial charge is 0.322 e. The Bertz CT molecular complexity index is 654. The van der Waals surface area contributed by atoms with Gasteiger partial charge in [0, 0.05) is 17.4 Å². The molecule has 2 rings (SSSR count). The zero-order valence-corrected chi connectivity index (χ0v) is 11.0. The molecule has 0 bridgehead atoms. The maximum atomic E-state index is 12.0. The Morgan fingerprint density at radius 1 is 1.26 bits per heavy atom. The second kappa shape index (κ2) is 6.03. The zero-order valence-electron chi connectivity index (χ0n) is 10.3. The number of hydrogen-bond donors (Lipinski definition) is 1. The van der Waals surface area contributed by atoms with E-state index < -0.39 is 0 Å². The quantitative estimate of drug-likeness (QED) is 0.672. The van der Waals surface area contributed by atoms with Crippen molar-refractivity contribution in [3.8, 4) is 11.8 Å². The van der Waals surface area contributed by atoms with E-state index in [1.807, 2.05) is 12.1 Å². The van der Waals surface area contributed by atoms with Gasteiger partial charge in [0.25, 0.3) is 5.91 Å². The van der Waals surface area contributed by atoms with Crippen molar-refractivity contribution < 1.29 is 4.79 Å². The Morgan fingerprint density at radius 3 is 2.63 bits per heavy atom. The summed E-state index contributed by atoms with van der Waals surface area (Å²) in [5.41, 5.74) is 1.94. The fourth-order valence-electron chi connectivity index (χ4n) is 1.54. The Morgan fingerprint density at radius 2 is 2.00 bits per heavy atom. The predicted molar refractivity (Wildman–Crippen MR) is 76.2 cm³/mol. The molecule has 0 unspecified atom stereocenters. The highest BCUT2D eigenvalue weighted by atomic mass is 35.5. The van der Waals surface area contributed by atoms with Crippen molar-refractivity contribution in [2.45, 2.75) is 6.92 Å². The van der Waals surface area contributed by atoms with Crippen molar-refractivity contribution in [3.05, 3.63) is 58.9 Å². The minimum atomic E-state index is -0.285. The van der Waals surface area contributed by atoms with E-state index in [4.69, 9.17) is 11.6 Å². The summed E-state index contributed by atoms with van der Waals surface area (Å²) >= 11 is 5.86. The van der Waals surface area contributed by atoms with Gasteiger partial charge in [0.1, 0.15) is 5.15 Å². The van der Waals surface area contributed by atoms with Gasteiger partial charge < -0.3 is 5.32 Å². The van der Waals surface area contributed by atoms with Gasteiger partial charge in [-0.3, -0.25) is 4.79 Å². The topological polar surface area (TPSA) is 42.0 Å². The molecule has 4 heteroatoms. The van der Waals surface area contributed by atoms with Crippen LogP contribution in [0.25, 0.3) is 0 Å². The van der Waals surface area contributed by atoms with Crippen molar-refractivity contribution >= 4 is 23.2 Å². The van der Waals surface area contributed by atoms with Gasteiger partial charge >= 0.3 is 0 Å². The number of carbonyl (C=O) groups excluding carboxylic acids is 1. The van der Waals surface area contributed by atoms with Gasteiger partial charge in [0.2, 0.25) is 0 Å². The molecule has 3 nitrogen and oxygen atoms in total. The summed E-state index contributed by atoms with van der Waals surface area (Å²) in [6, 6.07) is 10.6. The highest BCUT2D eigenvalue weighted by Crippen LogP contribution is 2.15. The first-order valence-electron chi connectivity index (χ1n) is 5.65. The van der Waals surface area contributed by atoms with Gasteiger partial charge in [0.15, 0.2) is 0 Å². The lowest BCUT2D eigenvalue weighted by atomic mass is 10.2. The monoisotopic (exact) mass is 270 g/mol. The molecule has 0 atom stereocenters. The molecular formula is C15H11ClN2O. The van der Waals surface area contributed by atoms with E-state index in [0.29, 0.717) is 11.3 Å². The number of benzene rings is 1. The smallest absolute Gasteiger partial charge is 0.258 e. The molecule has 0 aliphatic carbocycles. The van der Waals surface area contributed by atoms with Crippen LogP contribution in [0.2, 0.25) is 5.15 Å². The first-order valence-corrected chi connectivity index (χ1v) is 6.03. The Kier molecular flexibility index (Phi) is 4.17. The molecule has 0 fully saturated rings. The third kappa shape index (κ3) is 3.34. The fraction of sp³-hybridized carbons (Fsp3) is 0.0667. The van der Waals surface area contributed by atoms with Crippen LogP contribution in [0, 0.1) is 11.8 Å². The summed E-state index contributed by atoms with van der Waals surface area (Å²) in [5, 5.41) is 2.95. The van der Waals surface area contributed by atoms with Crippen LogP contribution in [0.5, 0.6) is 0 Å². The lowest BCUT2D eigenvalue weighted by molar-refractivity contribution is 0.102. The van der Waals surface area contributed by atoms with Crippen molar-refractivity contribution in [2.24, 2.45) is 0 Å². The molecular weight excluding hydrogens is 260 g/mol. The molecule has 1 aromatic heterocycles. The summed E-state index contributed by atoms with van der Waals surface area (Å²) in [7, 11) is 0. The third-order valence-corrected chi connectivity index (χ3v) is 2.72. The Hall–Kier alpha value is -2.31. The van der Waals surface area contributed by atoms with E-state index in [0.717, 1.165) is 5.56 Å². The molecule has 0 saturated carbocycles. The van der Waals surface area contributed by atoms with Gasteiger partial charge in [-0.1, -0.05) is 17.5 Å². The van der Waals surface area contributed by atoms with Crippen molar-refractivity contribution in [3.63, 3.8) is 0 Å². The average Bonchev–Trinajstić information content (AvgIpc) is 2.42. The minimum Gasteiger partial charge on any atom is -0.322 e. The Labute approximate surface area is 116 Å². The standard InChI is InChI=1S/C15H11ClN2O/c1-2-4-11-6-8-12(9-7-11)18-15(19)13-5-3-10-17-14(13)16/h3,5-10H,1H3,(H,18,19). The lowest BCUT2D eigenvalue weighted by Crippen LogP contribution is -2.12. The predicted octanol–water partition coefficient (Wildman–Crippen LogP) is 3.36. The number of halogens is 1. The normalized spacial score (nSPS) is 9.37. The summed E-state index contributed by atoms with van der Waals surface area (Å²) in [4.78, 5) is 15.8. The number of amides is 1. The highest BCUT2D eigenvalue weighted by molar-refractivity contribution is 6.33. The number of anilines is 1. The van der Waals surface area contributed by atoms with Crippen molar-refractivity contribution in [1.29, 1.82) is 0 Å². The molecule has 1 heterocycles. The number of aromatic nitrogens is 1. The van der Waals surface area contributed by atoms with E-state index in [9.17, 15) is 4.79 Å². The fourth-order valence-corrected chi connectivity index (χ4v) is 1.74. The van der Waals surface area contributed by atoms with E-state index in [1.165, 1.54) is 6.20 Å². The second-order valence-electron chi connectivity index (χ2n) is 3.75. The zero-order chi connectivity index (χ0) is 13.7. The molecule has 1 aromatic carbocycles. The van der Waals surface area contributed by atoms with Crippen LogP contribution in [-0.4, -0.2) is 10.9 Å². The van der Waals surface area contributed by atoms with Crippen LogP contribution in [0.15, 0.2) is 42.6 Å². The van der Waals surface area contributed by atoms with Crippen LogP contribution in [0.1, 0.15) is 22.8 Å².